The molecule has 4 N–H and O–H groups in total. The van der Waals surface area contributed by atoms with Crippen LogP contribution in [0.25, 0.3) is 11.1 Å². The Labute approximate surface area is 150 Å². The monoisotopic (exact) mass is 356 g/mol. The van der Waals surface area contributed by atoms with Crippen molar-refractivity contribution in [1.82, 2.24) is 9.88 Å². The summed E-state index contributed by atoms with van der Waals surface area (Å²) in [5.41, 5.74) is 7.58. The van der Waals surface area contributed by atoms with Gasteiger partial charge in [0.1, 0.15) is 11.6 Å². The average molecular weight is 356 g/mol. The summed E-state index contributed by atoms with van der Waals surface area (Å²) in [4.78, 5) is 18.0. The number of aromatic nitrogens is 1. The third kappa shape index (κ3) is 2.34. The van der Waals surface area contributed by atoms with Crippen LogP contribution in [0.15, 0.2) is 24.4 Å². The molecule has 6 nitrogen and oxygen atoms in total. The molecule has 7 heteroatoms. The number of aliphatic hydroxyl groups is 1. The quantitative estimate of drug-likeness (QED) is 0.716. The summed E-state index contributed by atoms with van der Waals surface area (Å²) in [7, 11) is 3.12. The number of pyridine rings is 1. The molecule has 2 aromatic rings. The molecule has 0 atom stereocenters. The molecule has 1 aliphatic carbocycles. The van der Waals surface area contributed by atoms with Crippen LogP contribution in [0.2, 0.25) is 0 Å². The van der Waals surface area contributed by atoms with E-state index in [1.54, 1.807) is 32.4 Å². The van der Waals surface area contributed by atoms with Crippen LogP contribution < -0.4 is 11.1 Å². The van der Waals surface area contributed by atoms with E-state index in [0.29, 0.717) is 24.0 Å². The number of nitrogen functional groups attached to an aromatic ring is 1. The highest BCUT2D eigenvalue weighted by atomic mass is 19.1. The van der Waals surface area contributed by atoms with Crippen LogP contribution in [0.1, 0.15) is 28.8 Å². The van der Waals surface area contributed by atoms with Crippen molar-refractivity contribution < 1.29 is 14.3 Å². The van der Waals surface area contributed by atoms with Crippen molar-refractivity contribution in [3.63, 3.8) is 0 Å². The van der Waals surface area contributed by atoms with Crippen molar-refractivity contribution in [1.29, 1.82) is 0 Å². The van der Waals surface area contributed by atoms with Gasteiger partial charge in [-0.05, 0) is 31.0 Å². The Hall–Kier alpha value is -2.67. The molecule has 1 aliphatic heterocycles. The number of fused-ring (bicyclic) bond motifs is 2. The second-order valence-corrected chi connectivity index (χ2v) is 7.41. The van der Waals surface area contributed by atoms with Gasteiger partial charge in [0.15, 0.2) is 0 Å². The molecule has 0 bridgehead atoms. The highest BCUT2D eigenvalue weighted by Crippen LogP contribution is 2.50. The molecule has 1 saturated carbocycles. The lowest BCUT2D eigenvalue weighted by Gasteiger charge is -2.42. The summed E-state index contributed by atoms with van der Waals surface area (Å²) < 4.78 is 15.1. The molecule has 1 aromatic carbocycles. The predicted molar refractivity (Wildman–Crippen MR) is 97.5 cm³/mol. The maximum absolute atomic E-state index is 15.1. The van der Waals surface area contributed by atoms with Gasteiger partial charge in [0.25, 0.3) is 5.91 Å². The molecule has 1 amide bonds. The topological polar surface area (TPSA) is 91.5 Å². The summed E-state index contributed by atoms with van der Waals surface area (Å²) in [5, 5.41) is 13.0. The third-order valence-corrected chi connectivity index (χ3v) is 5.41. The number of hydrogen-bond donors (Lipinski definition) is 3. The lowest BCUT2D eigenvalue weighted by atomic mass is 9.64. The second kappa shape index (κ2) is 5.67. The van der Waals surface area contributed by atoms with Gasteiger partial charge in [-0.1, -0.05) is 0 Å². The normalized spacial score (nSPS) is 23.3. The van der Waals surface area contributed by atoms with E-state index in [0.717, 1.165) is 17.9 Å². The minimum Gasteiger partial charge on any atom is -0.398 e. The first-order valence-corrected chi connectivity index (χ1v) is 8.55. The average Bonchev–Trinajstić information content (AvgIpc) is 2.93. The number of rotatable bonds is 2. The smallest absolute Gasteiger partial charge is 0.258 e. The van der Waals surface area contributed by atoms with Crippen molar-refractivity contribution >= 4 is 17.4 Å². The summed E-state index contributed by atoms with van der Waals surface area (Å²) in [5.74, 6) is -0.337. The molecule has 4 rings (SSSR count). The zero-order valence-electron chi connectivity index (χ0n) is 14.7. The Balaban J connectivity index is 1.80. The Morgan fingerprint density at radius 1 is 1.42 bits per heavy atom. The number of anilines is 2. The van der Waals surface area contributed by atoms with Crippen molar-refractivity contribution in [2.24, 2.45) is 0 Å². The molecule has 1 fully saturated rings. The lowest BCUT2D eigenvalue weighted by molar-refractivity contribution is 0.0277. The highest BCUT2D eigenvalue weighted by Gasteiger charge is 2.49. The predicted octanol–water partition coefficient (Wildman–Crippen LogP) is 1.99. The van der Waals surface area contributed by atoms with Gasteiger partial charge in [-0.3, -0.25) is 4.79 Å². The van der Waals surface area contributed by atoms with Crippen molar-refractivity contribution in [2.45, 2.75) is 24.4 Å². The van der Waals surface area contributed by atoms with E-state index in [-0.39, 0.29) is 22.8 Å². The summed E-state index contributed by atoms with van der Waals surface area (Å²) in [6.45, 7) is 0.727. The van der Waals surface area contributed by atoms with Crippen LogP contribution in [-0.2, 0) is 5.41 Å². The summed E-state index contributed by atoms with van der Waals surface area (Å²) in [6, 6.07) is 5.03. The molecule has 0 saturated heterocycles. The standard InChI is InChI=1S/C19H21FN4O2/c1-24(2)18(26)15-14(21)4-3-12(16(15)20)10-5-13-17(22-8-10)23-9-19(13)6-11(25)7-19/h3-5,8,11,25H,6-7,9,21H2,1-2H3,(H,22,23). The first-order chi connectivity index (χ1) is 12.3. The minimum absolute atomic E-state index is 0.110. The van der Waals surface area contributed by atoms with Crippen LogP contribution in [0.3, 0.4) is 0 Å². The fraction of sp³-hybridized carbons (Fsp3) is 0.368. The number of benzene rings is 1. The van der Waals surface area contributed by atoms with E-state index >= 15 is 4.39 Å². The minimum atomic E-state index is -0.640. The number of hydrogen-bond acceptors (Lipinski definition) is 5. The first kappa shape index (κ1) is 16.8. The van der Waals surface area contributed by atoms with Gasteiger partial charge in [-0.15, -0.1) is 0 Å². The number of nitrogens with zero attached hydrogens (tertiary/aromatic N) is 2. The number of aliphatic hydroxyl groups excluding tert-OH is 1. The van der Waals surface area contributed by atoms with E-state index in [2.05, 4.69) is 10.3 Å². The zero-order valence-corrected chi connectivity index (χ0v) is 14.7. The molecule has 1 spiro atoms. The highest BCUT2D eigenvalue weighted by molar-refractivity contribution is 6.00. The van der Waals surface area contributed by atoms with Crippen LogP contribution in [0.4, 0.5) is 15.9 Å². The summed E-state index contributed by atoms with van der Waals surface area (Å²) in [6.07, 6.45) is 2.64. The van der Waals surface area contributed by atoms with Gasteiger partial charge in [0.2, 0.25) is 0 Å². The van der Waals surface area contributed by atoms with Gasteiger partial charge < -0.3 is 21.1 Å². The van der Waals surface area contributed by atoms with Gasteiger partial charge >= 0.3 is 0 Å². The van der Waals surface area contributed by atoms with Crippen molar-refractivity contribution in [3.8, 4) is 11.1 Å². The molecule has 26 heavy (non-hydrogen) atoms. The van der Waals surface area contributed by atoms with Crippen molar-refractivity contribution in [2.75, 3.05) is 31.7 Å². The van der Waals surface area contributed by atoms with Gasteiger partial charge in [-0.2, -0.15) is 0 Å². The molecule has 136 valence electrons. The number of halogens is 1. The molecule has 0 unspecified atom stereocenters. The summed E-state index contributed by atoms with van der Waals surface area (Å²) >= 11 is 0. The Morgan fingerprint density at radius 3 is 2.81 bits per heavy atom. The third-order valence-electron chi connectivity index (χ3n) is 5.41. The van der Waals surface area contributed by atoms with E-state index in [4.69, 9.17) is 5.73 Å². The second-order valence-electron chi connectivity index (χ2n) is 7.41. The van der Waals surface area contributed by atoms with Gasteiger partial charge in [0.05, 0.1) is 11.7 Å². The van der Waals surface area contributed by atoms with E-state index in [1.165, 1.54) is 4.90 Å². The number of amides is 1. The number of nitrogens with two attached hydrogens (primary N) is 1. The van der Waals surface area contributed by atoms with E-state index in [1.807, 2.05) is 6.07 Å². The molecular weight excluding hydrogens is 335 g/mol. The van der Waals surface area contributed by atoms with Crippen LogP contribution >= 0.6 is 0 Å². The molecule has 1 aromatic heterocycles. The largest absolute Gasteiger partial charge is 0.398 e. The van der Waals surface area contributed by atoms with Crippen molar-refractivity contribution in [3.05, 3.63) is 41.3 Å². The Kier molecular flexibility index (Phi) is 3.66. The first-order valence-electron chi connectivity index (χ1n) is 8.55. The lowest BCUT2D eigenvalue weighted by Crippen LogP contribution is -2.46. The maximum Gasteiger partial charge on any atom is 0.258 e. The van der Waals surface area contributed by atoms with Crippen LogP contribution in [0, 0.1) is 5.82 Å². The fourth-order valence-electron chi connectivity index (χ4n) is 3.97. The van der Waals surface area contributed by atoms with Gasteiger partial charge in [0, 0.05) is 54.6 Å². The SMILES string of the molecule is CN(C)C(=O)c1c(N)ccc(-c2cnc3c(c2)C2(CN3)CC(O)C2)c1F. The Bertz CT molecular complexity index is 901. The molecule has 2 heterocycles. The van der Waals surface area contributed by atoms with Crippen LogP contribution in [-0.4, -0.2) is 47.6 Å². The van der Waals surface area contributed by atoms with E-state index < -0.39 is 11.7 Å². The number of carbonyl (C=O) groups excluding carboxylic acids is 1. The van der Waals surface area contributed by atoms with Crippen LogP contribution in [0.5, 0.6) is 0 Å². The maximum atomic E-state index is 15.1. The number of carbonyl (C=O) groups is 1. The number of nitrogens with one attached hydrogen (secondary N) is 1. The Morgan fingerprint density at radius 2 is 2.15 bits per heavy atom. The van der Waals surface area contributed by atoms with E-state index in [9.17, 15) is 9.90 Å². The van der Waals surface area contributed by atoms with Gasteiger partial charge in [-0.25, -0.2) is 9.37 Å². The zero-order chi connectivity index (χ0) is 18.6. The molecular formula is C19H21FN4O2. The molecule has 2 aliphatic rings. The molecule has 0 radical (unpaired) electrons. The fourth-order valence-corrected chi connectivity index (χ4v) is 3.97.